The normalized spacial score (nSPS) is 10.4. The lowest BCUT2D eigenvalue weighted by Gasteiger charge is -2.12. The van der Waals surface area contributed by atoms with Gasteiger partial charge in [0.05, 0.1) is 0 Å². The van der Waals surface area contributed by atoms with Gasteiger partial charge < -0.3 is 15.2 Å². The van der Waals surface area contributed by atoms with Crippen LogP contribution in [-0.4, -0.2) is 18.5 Å². The van der Waals surface area contributed by atoms with Gasteiger partial charge in [-0.1, -0.05) is 18.2 Å². The highest BCUT2D eigenvalue weighted by atomic mass is 16.6. The summed E-state index contributed by atoms with van der Waals surface area (Å²) in [5.74, 6) is -0.482. The number of ether oxygens (including phenoxy) is 2. The van der Waals surface area contributed by atoms with Crippen molar-refractivity contribution < 1.29 is 19.1 Å². The molecular formula is C16H17NO4. The molecule has 0 unspecified atom stereocenters. The fourth-order valence-electron chi connectivity index (χ4n) is 2.19. The summed E-state index contributed by atoms with van der Waals surface area (Å²) in [6.45, 7) is 3.12. The number of rotatable bonds is 4. The summed E-state index contributed by atoms with van der Waals surface area (Å²) in [7, 11) is 0. The first-order valence-electron chi connectivity index (χ1n) is 6.64. The summed E-state index contributed by atoms with van der Waals surface area (Å²) in [6.07, 6.45) is 0.712. The molecule has 0 spiro atoms. The Hall–Kier alpha value is -2.40. The Morgan fingerprint density at radius 2 is 1.67 bits per heavy atom. The zero-order chi connectivity index (χ0) is 15.4. The van der Waals surface area contributed by atoms with E-state index >= 15 is 0 Å². The molecule has 110 valence electrons. The van der Waals surface area contributed by atoms with Crippen LogP contribution < -0.4 is 15.2 Å². The zero-order valence-corrected chi connectivity index (χ0v) is 12.0. The Morgan fingerprint density at radius 1 is 1.05 bits per heavy atom. The molecule has 0 atom stereocenters. The van der Waals surface area contributed by atoms with Crippen molar-refractivity contribution in [1.82, 2.24) is 0 Å². The number of carbonyl (C=O) groups is 2. The summed E-state index contributed by atoms with van der Waals surface area (Å²) in [6, 6.07) is 9.18. The molecule has 0 aliphatic heterocycles. The maximum Gasteiger partial charge on any atom is 0.308 e. The van der Waals surface area contributed by atoms with E-state index in [-0.39, 0.29) is 11.5 Å². The van der Waals surface area contributed by atoms with Crippen molar-refractivity contribution in [2.75, 3.05) is 6.54 Å². The molecule has 5 nitrogen and oxygen atoms in total. The standard InChI is InChI=1S/C16H17NO4/c1-10(18)20-15-8-13-5-3-4-12(6-7-17)14(13)9-16(15)21-11(2)19/h3-5,8-9H,6-7,17H2,1-2H3. The number of esters is 2. The maximum absolute atomic E-state index is 11.2. The Balaban J connectivity index is 2.61. The molecule has 5 heteroatoms. The minimum Gasteiger partial charge on any atom is -0.423 e. The van der Waals surface area contributed by atoms with Crippen LogP contribution in [0.5, 0.6) is 11.5 Å². The Kier molecular flexibility index (Phi) is 4.55. The van der Waals surface area contributed by atoms with Gasteiger partial charge in [0.1, 0.15) is 0 Å². The number of nitrogens with two attached hydrogens (primary N) is 1. The van der Waals surface area contributed by atoms with Crippen molar-refractivity contribution in [2.24, 2.45) is 5.73 Å². The predicted octanol–water partition coefficient (Wildman–Crippen LogP) is 2.19. The van der Waals surface area contributed by atoms with Gasteiger partial charge in [-0.25, -0.2) is 0 Å². The fourth-order valence-corrected chi connectivity index (χ4v) is 2.19. The highest BCUT2D eigenvalue weighted by Crippen LogP contribution is 2.34. The average Bonchev–Trinajstić information content (AvgIpc) is 2.39. The van der Waals surface area contributed by atoms with Crippen molar-refractivity contribution in [2.45, 2.75) is 20.3 Å². The van der Waals surface area contributed by atoms with E-state index in [0.717, 1.165) is 16.3 Å². The van der Waals surface area contributed by atoms with E-state index < -0.39 is 11.9 Å². The van der Waals surface area contributed by atoms with Gasteiger partial charge in [-0.2, -0.15) is 0 Å². The molecule has 0 aliphatic carbocycles. The third kappa shape index (κ3) is 3.58. The second kappa shape index (κ2) is 6.37. The Labute approximate surface area is 122 Å². The van der Waals surface area contributed by atoms with Crippen molar-refractivity contribution in [3.05, 3.63) is 35.9 Å². The number of fused-ring (bicyclic) bond motifs is 1. The van der Waals surface area contributed by atoms with Crippen molar-refractivity contribution in [1.29, 1.82) is 0 Å². The molecule has 2 rings (SSSR count). The van der Waals surface area contributed by atoms with E-state index in [1.807, 2.05) is 18.2 Å². The van der Waals surface area contributed by atoms with Gasteiger partial charge in [0, 0.05) is 13.8 Å². The third-order valence-corrected chi connectivity index (χ3v) is 2.96. The third-order valence-electron chi connectivity index (χ3n) is 2.96. The van der Waals surface area contributed by atoms with Crippen LogP contribution in [0.25, 0.3) is 10.8 Å². The van der Waals surface area contributed by atoms with Gasteiger partial charge in [-0.15, -0.1) is 0 Å². The van der Waals surface area contributed by atoms with Crippen LogP contribution in [0.15, 0.2) is 30.3 Å². The second-order valence-electron chi connectivity index (χ2n) is 4.66. The van der Waals surface area contributed by atoms with E-state index in [2.05, 4.69) is 0 Å². The monoisotopic (exact) mass is 287 g/mol. The number of benzene rings is 2. The first kappa shape index (κ1) is 15.0. The average molecular weight is 287 g/mol. The highest BCUT2D eigenvalue weighted by molar-refractivity contribution is 5.90. The van der Waals surface area contributed by atoms with Gasteiger partial charge in [-0.05, 0) is 41.4 Å². The number of hydrogen-bond donors (Lipinski definition) is 1. The van der Waals surface area contributed by atoms with E-state index in [4.69, 9.17) is 15.2 Å². The molecule has 0 amide bonds. The molecule has 0 bridgehead atoms. The van der Waals surface area contributed by atoms with Crippen LogP contribution in [0, 0.1) is 0 Å². The minimum atomic E-state index is -0.473. The lowest BCUT2D eigenvalue weighted by atomic mass is 10.0. The molecule has 0 aromatic heterocycles. The molecule has 0 fully saturated rings. The molecule has 0 heterocycles. The van der Waals surface area contributed by atoms with Crippen molar-refractivity contribution >= 4 is 22.7 Å². The van der Waals surface area contributed by atoms with E-state index in [1.54, 1.807) is 12.1 Å². The molecular weight excluding hydrogens is 270 g/mol. The molecule has 2 N–H and O–H groups in total. The van der Waals surface area contributed by atoms with Crippen LogP contribution in [-0.2, 0) is 16.0 Å². The topological polar surface area (TPSA) is 78.6 Å². The molecule has 0 saturated carbocycles. The predicted molar refractivity (Wildman–Crippen MR) is 79.3 cm³/mol. The van der Waals surface area contributed by atoms with Crippen LogP contribution in [0.4, 0.5) is 0 Å². The maximum atomic E-state index is 11.2. The quantitative estimate of drug-likeness (QED) is 0.689. The highest BCUT2D eigenvalue weighted by Gasteiger charge is 2.13. The smallest absolute Gasteiger partial charge is 0.308 e. The fraction of sp³-hybridized carbons (Fsp3) is 0.250. The lowest BCUT2D eigenvalue weighted by molar-refractivity contribution is -0.134. The zero-order valence-electron chi connectivity index (χ0n) is 12.0. The molecule has 2 aromatic carbocycles. The molecule has 0 radical (unpaired) electrons. The van der Waals surface area contributed by atoms with E-state index in [9.17, 15) is 9.59 Å². The van der Waals surface area contributed by atoms with Gasteiger partial charge in [0.25, 0.3) is 0 Å². The summed E-state index contributed by atoms with van der Waals surface area (Å²) in [4.78, 5) is 22.4. The van der Waals surface area contributed by atoms with Gasteiger partial charge in [0.2, 0.25) is 0 Å². The Morgan fingerprint density at radius 3 is 2.24 bits per heavy atom. The Bertz CT molecular complexity index is 694. The van der Waals surface area contributed by atoms with Gasteiger partial charge >= 0.3 is 11.9 Å². The minimum absolute atomic E-state index is 0.231. The van der Waals surface area contributed by atoms with Crippen LogP contribution in [0.3, 0.4) is 0 Å². The van der Waals surface area contributed by atoms with Gasteiger partial charge in [0.15, 0.2) is 11.5 Å². The largest absolute Gasteiger partial charge is 0.423 e. The summed E-state index contributed by atoms with van der Waals surface area (Å²) >= 11 is 0. The molecule has 0 aliphatic rings. The molecule has 21 heavy (non-hydrogen) atoms. The first-order chi connectivity index (χ1) is 10.0. The summed E-state index contributed by atoms with van der Waals surface area (Å²) in [5, 5.41) is 1.82. The van der Waals surface area contributed by atoms with Crippen LogP contribution in [0.2, 0.25) is 0 Å². The van der Waals surface area contributed by atoms with Crippen LogP contribution >= 0.6 is 0 Å². The molecule has 0 saturated heterocycles. The van der Waals surface area contributed by atoms with E-state index in [1.165, 1.54) is 13.8 Å². The lowest BCUT2D eigenvalue weighted by Crippen LogP contribution is -2.08. The molecule has 2 aromatic rings. The van der Waals surface area contributed by atoms with Gasteiger partial charge in [-0.3, -0.25) is 9.59 Å². The van der Waals surface area contributed by atoms with Crippen molar-refractivity contribution in [3.63, 3.8) is 0 Å². The van der Waals surface area contributed by atoms with Crippen LogP contribution in [0.1, 0.15) is 19.4 Å². The number of carbonyl (C=O) groups excluding carboxylic acids is 2. The van der Waals surface area contributed by atoms with E-state index in [0.29, 0.717) is 13.0 Å². The second-order valence-corrected chi connectivity index (χ2v) is 4.66. The van der Waals surface area contributed by atoms with Crippen molar-refractivity contribution in [3.8, 4) is 11.5 Å². The summed E-state index contributed by atoms with van der Waals surface area (Å²) in [5.41, 5.74) is 6.66. The number of hydrogen-bond acceptors (Lipinski definition) is 5. The first-order valence-corrected chi connectivity index (χ1v) is 6.64. The SMILES string of the molecule is CC(=O)Oc1cc2cccc(CCN)c2cc1OC(C)=O. The summed E-state index contributed by atoms with van der Waals surface area (Å²) < 4.78 is 10.3.